The van der Waals surface area contributed by atoms with Crippen LogP contribution in [0.15, 0.2) is 42.5 Å². The molecule has 1 unspecified atom stereocenters. The predicted octanol–water partition coefficient (Wildman–Crippen LogP) is 3.99. The molecule has 2 aromatic carbocycles. The van der Waals surface area contributed by atoms with Gasteiger partial charge in [0.25, 0.3) is 0 Å². The van der Waals surface area contributed by atoms with Crippen LogP contribution in [0.3, 0.4) is 0 Å². The van der Waals surface area contributed by atoms with Gasteiger partial charge in [0.2, 0.25) is 0 Å². The maximum Gasteiger partial charge on any atom is 0.313 e. The van der Waals surface area contributed by atoms with Gasteiger partial charge in [0.15, 0.2) is 0 Å². The van der Waals surface area contributed by atoms with E-state index < -0.39 is 11.8 Å². The van der Waals surface area contributed by atoms with E-state index in [2.05, 4.69) is 45.4 Å². The van der Waals surface area contributed by atoms with E-state index in [0.717, 1.165) is 22.0 Å². The fourth-order valence-electron chi connectivity index (χ4n) is 3.09. The monoisotopic (exact) mass is 448 g/mol. The van der Waals surface area contributed by atoms with Crippen LogP contribution >= 0.6 is 22.6 Å². The summed E-state index contributed by atoms with van der Waals surface area (Å²) in [6.07, 6.45) is 4.69. The fraction of sp³-hybridized carbons (Fsp3) is 0.300. The lowest BCUT2D eigenvalue weighted by atomic mass is 9.89. The lowest BCUT2D eigenvalue weighted by Gasteiger charge is -2.20. The minimum Gasteiger partial charge on any atom is -0.341 e. The van der Waals surface area contributed by atoms with Gasteiger partial charge in [-0.15, -0.1) is 0 Å². The summed E-state index contributed by atoms with van der Waals surface area (Å²) >= 11 is 2.19. The zero-order valence-electron chi connectivity index (χ0n) is 14.1. The molecule has 4 nitrogen and oxygen atoms in total. The molecule has 0 radical (unpaired) electrons. The molecule has 0 fully saturated rings. The van der Waals surface area contributed by atoms with Crippen molar-refractivity contribution in [1.82, 2.24) is 5.32 Å². The maximum absolute atomic E-state index is 12.2. The van der Waals surface area contributed by atoms with Gasteiger partial charge < -0.3 is 10.6 Å². The Morgan fingerprint density at radius 2 is 1.64 bits per heavy atom. The average Bonchev–Trinajstić information content (AvgIpc) is 2.63. The number of amides is 2. The highest BCUT2D eigenvalue weighted by molar-refractivity contribution is 14.1. The van der Waals surface area contributed by atoms with Crippen LogP contribution in [0.4, 0.5) is 5.69 Å². The quantitative estimate of drug-likeness (QED) is 0.551. The normalized spacial score (nSPS) is 14.3. The number of halogens is 1. The number of nitrogens with one attached hydrogen (secondary N) is 2. The highest BCUT2D eigenvalue weighted by Crippen LogP contribution is 2.24. The summed E-state index contributed by atoms with van der Waals surface area (Å²) in [6, 6.07) is 13.5. The van der Waals surface area contributed by atoms with Gasteiger partial charge >= 0.3 is 11.8 Å². The number of carbonyl (C=O) groups excluding carboxylic acids is 2. The molecule has 1 aliphatic rings. The molecule has 1 atom stereocenters. The number of hydrogen-bond acceptors (Lipinski definition) is 2. The minimum atomic E-state index is -0.647. The minimum absolute atomic E-state index is 0.206. The fourth-order valence-corrected chi connectivity index (χ4v) is 3.45. The van der Waals surface area contributed by atoms with Crippen molar-refractivity contribution in [3.8, 4) is 0 Å². The third-order valence-corrected chi connectivity index (χ3v) is 5.25. The standard InChI is InChI=1S/C20H21IN2O2/c1-13(15-7-6-14-4-2-3-5-16(14)12-15)22-19(24)20(25)23-18-10-8-17(21)9-11-18/h6-13H,2-5H2,1H3,(H,22,24)(H,23,25). The number of anilines is 1. The zero-order chi connectivity index (χ0) is 17.8. The Kier molecular flexibility index (Phi) is 5.73. The summed E-state index contributed by atoms with van der Waals surface area (Å²) in [7, 11) is 0. The van der Waals surface area contributed by atoms with Crippen molar-refractivity contribution in [2.75, 3.05) is 5.32 Å². The predicted molar refractivity (Wildman–Crippen MR) is 107 cm³/mol. The second kappa shape index (κ2) is 7.99. The molecule has 0 saturated carbocycles. The van der Waals surface area contributed by atoms with Crippen LogP contribution in [-0.4, -0.2) is 11.8 Å². The van der Waals surface area contributed by atoms with Crippen molar-refractivity contribution in [2.45, 2.75) is 38.6 Å². The molecule has 25 heavy (non-hydrogen) atoms. The van der Waals surface area contributed by atoms with Gasteiger partial charge in [-0.3, -0.25) is 9.59 Å². The second-order valence-corrected chi connectivity index (χ2v) is 7.64. The lowest BCUT2D eigenvalue weighted by Crippen LogP contribution is -2.37. The molecular formula is C20H21IN2O2. The Morgan fingerprint density at radius 1 is 0.960 bits per heavy atom. The van der Waals surface area contributed by atoms with Crippen molar-refractivity contribution in [3.05, 3.63) is 62.7 Å². The first-order valence-electron chi connectivity index (χ1n) is 8.52. The number of fused-ring (bicyclic) bond motifs is 1. The third-order valence-electron chi connectivity index (χ3n) is 4.53. The van der Waals surface area contributed by atoms with Gasteiger partial charge in [-0.05, 0) is 96.2 Å². The summed E-state index contributed by atoms with van der Waals surface area (Å²) in [5, 5.41) is 5.40. The highest BCUT2D eigenvalue weighted by Gasteiger charge is 2.18. The van der Waals surface area contributed by atoms with Gasteiger partial charge in [0.05, 0.1) is 6.04 Å². The Hall–Kier alpha value is -1.89. The summed E-state index contributed by atoms with van der Waals surface area (Å²) in [4.78, 5) is 24.2. The van der Waals surface area contributed by atoms with E-state index in [1.807, 2.05) is 25.1 Å². The SMILES string of the molecule is CC(NC(=O)C(=O)Nc1ccc(I)cc1)c1ccc2c(c1)CCCC2. The second-order valence-electron chi connectivity index (χ2n) is 6.39. The number of hydrogen-bond donors (Lipinski definition) is 2. The summed E-state index contributed by atoms with van der Waals surface area (Å²) in [5.74, 6) is -1.27. The zero-order valence-corrected chi connectivity index (χ0v) is 16.3. The van der Waals surface area contributed by atoms with E-state index in [1.165, 1.54) is 24.0 Å². The number of rotatable bonds is 3. The van der Waals surface area contributed by atoms with Gasteiger partial charge in [0, 0.05) is 9.26 Å². The van der Waals surface area contributed by atoms with Gasteiger partial charge in [-0.25, -0.2) is 0 Å². The summed E-state index contributed by atoms with van der Waals surface area (Å²) in [5.41, 5.74) is 4.43. The molecule has 0 aromatic heterocycles. The first kappa shape index (κ1) is 17.9. The number of aryl methyl sites for hydroxylation is 2. The highest BCUT2D eigenvalue weighted by atomic mass is 127. The molecular weight excluding hydrogens is 427 g/mol. The molecule has 0 spiro atoms. The largest absolute Gasteiger partial charge is 0.341 e. The topological polar surface area (TPSA) is 58.2 Å². The Labute approximate surface area is 161 Å². The molecule has 130 valence electrons. The Morgan fingerprint density at radius 3 is 2.36 bits per heavy atom. The van der Waals surface area contributed by atoms with Crippen LogP contribution in [0.2, 0.25) is 0 Å². The average molecular weight is 448 g/mol. The van der Waals surface area contributed by atoms with Gasteiger partial charge in [-0.2, -0.15) is 0 Å². The van der Waals surface area contributed by atoms with Crippen molar-refractivity contribution < 1.29 is 9.59 Å². The molecule has 0 bridgehead atoms. The van der Waals surface area contributed by atoms with Crippen LogP contribution in [0, 0.1) is 3.57 Å². The van der Waals surface area contributed by atoms with E-state index in [0.29, 0.717) is 5.69 Å². The summed E-state index contributed by atoms with van der Waals surface area (Å²) in [6.45, 7) is 1.90. The molecule has 0 saturated heterocycles. The molecule has 2 N–H and O–H groups in total. The third kappa shape index (κ3) is 4.60. The Balaban J connectivity index is 1.61. The Bertz CT molecular complexity index is 787. The summed E-state index contributed by atoms with van der Waals surface area (Å²) < 4.78 is 1.07. The molecule has 5 heteroatoms. The first-order valence-corrected chi connectivity index (χ1v) is 9.60. The molecule has 0 aliphatic heterocycles. The van der Waals surface area contributed by atoms with Crippen molar-refractivity contribution in [3.63, 3.8) is 0 Å². The first-order chi connectivity index (χ1) is 12.0. The number of carbonyl (C=O) groups is 2. The van der Waals surface area contributed by atoms with E-state index in [4.69, 9.17) is 0 Å². The van der Waals surface area contributed by atoms with Crippen LogP contribution in [0.5, 0.6) is 0 Å². The molecule has 2 amide bonds. The van der Waals surface area contributed by atoms with E-state index in [1.54, 1.807) is 12.1 Å². The lowest BCUT2D eigenvalue weighted by molar-refractivity contribution is -0.136. The number of benzene rings is 2. The van der Waals surface area contributed by atoms with Crippen LogP contribution < -0.4 is 10.6 Å². The van der Waals surface area contributed by atoms with E-state index in [9.17, 15) is 9.59 Å². The van der Waals surface area contributed by atoms with Crippen molar-refractivity contribution in [2.24, 2.45) is 0 Å². The molecule has 3 rings (SSSR count). The van der Waals surface area contributed by atoms with Crippen molar-refractivity contribution in [1.29, 1.82) is 0 Å². The molecule has 1 aliphatic carbocycles. The van der Waals surface area contributed by atoms with Crippen LogP contribution in [0.25, 0.3) is 0 Å². The van der Waals surface area contributed by atoms with Gasteiger partial charge in [0.1, 0.15) is 0 Å². The smallest absolute Gasteiger partial charge is 0.313 e. The van der Waals surface area contributed by atoms with E-state index >= 15 is 0 Å². The van der Waals surface area contributed by atoms with Crippen molar-refractivity contribution >= 4 is 40.1 Å². The van der Waals surface area contributed by atoms with Crippen LogP contribution in [0.1, 0.15) is 42.5 Å². The van der Waals surface area contributed by atoms with Gasteiger partial charge in [-0.1, -0.05) is 18.2 Å². The van der Waals surface area contributed by atoms with E-state index in [-0.39, 0.29) is 6.04 Å². The van der Waals surface area contributed by atoms with Crippen LogP contribution in [-0.2, 0) is 22.4 Å². The molecule has 2 aromatic rings. The molecule has 0 heterocycles. The maximum atomic E-state index is 12.2.